The lowest BCUT2D eigenvalue weighted by Crippen LogP contribution is -2.14. The van der Waals surface area contributed by atoms with Crippen LogP contribution < -0.4 is 5.32 Å². The van der Waals surface area contributed by atoms with Crippen LogP contribution in [-0.2, 0) is 6.54 Å². The summed E-state index contributed by atoms with van der Waals surface area (Å²) < 4.78 is 25.6. The second-order valence-electron chi connectivity index (χ2n) is 4.26. The lowest BCUT2D eigenvalue weighted by atomic mass is 10.3. The molecule has 3 aromatic heterocycles. The van der Waals surface area contributed by atoms with E-state index in [-0.39, 0.29) is 5.69 Å². The first kappa shape index (κ1) is 14.3. The molecule has 0 aliphatic carbocycles. The molecule has 0 fully saturated rings. The number of hydrogen-bond donors (Lipinski definition) is 2. The fourth-order valence-electron chi connectivity index (χ4n) is 1.80. The Morgan fingerprint density at radius 2 is 2.36 bits per heavy atom. The molecule has 7 nitrogen and oxygen atoms in total. The molecule has 0 atom stereocenters. The van der Waals surface area contributed by atoms with Crippen molar-refractivity contribution in [2.45, 2.75) is 13.0 Å². The number of aromatic nitrogens is 5. The molecule has 3 rings (SSSR count). The molecule has 0 bridgehead atoms. The van der Waals surface area contributed by atoms with Crippen molar-refractivity contribution in [1.82, 2.24) is 25.0 Å². The molecular formula is C12H10F2N6OS. The van der Waals surface area contributed by atoms with Gasteiger partial charge in [0.2, 0.25) is 0 Å². The minimum Gasteiger partial charge on any atom is -0.317 e. The Morgan fingerprint density at radius 3 is 3.09 bits per heavy atom. The van der Waals surface area contributed by atoms with Crippen molar-refractivity contribution in [2.24, 2.45) is 0 Å². The van der Waals surface area contributed by atoms with E-state index in [1.54, 1.807) is 11.6 Å². The fourth-order valence-corrected chi connectivity index (χ4v) is 2.45. The number of H-pyrrole nitrogens is 1. The number of alkyl halides is 2. The molecular weight excluding hydrogens is 314 g/mol. The third kappa shape index (κ3) is 3.01. The topological polar surface area (TPSA) is 88.5 Å². The molecule has 0 radical (unpaired) electrons. The number of aromatic amines is 1. The Balaban J connectivity index is 1.75. The Morgan fingerprint density at radius 1 is 1.50 bits per heavy atom. The van der Waals surface area contributed by atoms with E-state index in [1.807, 2.05) is 0 Å². The van der Waals surface area contributed by atoms with E-state index in [0.29, 0.717) is 16.4 Å². The molecule has 0 spiro atoms. The average molecular weight is 324 g/mol. The summed E-state index contributed by atoms with van der Waals surface area (Å²) in [6, 6.07) is 1.38. The highest BCUT2D eigenvalue weighted by molar-refractivity contribution is 7.13. The summed E-state index contributed by atoms with van der Waals surface area (Å²) in [5.74, 6) is -0.507. The van der Waals surface area contributed by atoms with Crippen LogP contribution in [0.1, 0.15) is 10.5 Å². The normalized spacial score (nSPS) is 11.0. The van der Waals surface area contributed by atoms with Crippen LogP contribution >= 0.6 is 11.3 Å². The number of rotatable bonds is 5. The zero-order chi connectivity index (χ0) is 15.5. The monoisotopic (exact) mass is 324 g/mol. The van der Waals surface area contributed by atoms with Gasteiger partial charge in [0.15, 0.2) is 5.69 Å². The summed E-state index contributed by atoms with van der Waals surface area (Å²) in [4.78, 5) is 16.2. The number of nitrogens with zero attached hydrogens (tertiary/aromatic N) is 4. The molecule has 10 heteroatoms. The average Bonchev–Trinajstić information content (AvgIpc) is 3.17. The van der Waals surface area contributed by atoms with Gasteiger partial charge in [-0.15, -0.1) is 11.3 Å². The predicted octanol–water partition coefficient (Wildman–Crippen LogP) is 2.25. The smallest absolute Gasteiger partial charge is 0.276 e. The van der Waals surface area contributed by atoms with E-state index in [4.69, 9.17) is 0 Å². The van der Waals surface area contributed by atoms with Crippen LogP contribution in [-0.4, -0.2) is 37.3 Å². The minimum absolute atomic E-state index is 0.0481. The lowest BCUT2D eigenvalue weighted by Gasteiger charge is -2.02. The second kappa shape index (κ2) is 6.02. The van der Waals surface area contributed by atoms with Gasteiger partial charge < -0.3 is 5.32 Å². The first-order valence-corrected chi connectivity index (χ1v) is 7.07. The number of thiazole rings is 1. The number of amides is 1. The van der Waals surface area contributed by atoms with E-state index in [0.717, 1.165) is 4.68 Å². The number of carbonyl (C=O) groups excluding carboxylic acids is 1. The van der Waals surface area contributed by atoms with Crippen molar-refractivity contribution < 1.29 is 13.6 Å². The maximum Gasteiger partial charge on any atom is 0.276 e. The largest absolute Gasteiger partial charge is 0.317 e. The maximum atomic E-state index is 12.3. The summed E-state index contributed by atoms with van der Waals surface area (Å²) in [6.45, 7) is -0.552. The van der Waals surface area contributed by atoms with E-state index in [9.17, 15) is 13.6 Å². The van der Waals surface area contributed by atoms with Gasteiger partial charge in [-0.25, -0.2) is 13.8 Å². The zero-order valence-corrected chi connectivity index (χ0v) is 11.8. The van der Waals surface area contributed by atoms with Crippen LogP contribution in [0.15, 0.2) is 30.0 Å². The van der Waals surface area contributed by atoms with E-state index in [1.165, 1.54) is 29.8 Å². The van der Waals surface area contributed by atoms with Crippen LogP contribution in [0.25, 0.3) is 10.7 Å². The quantitative estimate of drug-likeness (QED) is 0.753. The van der Waals surface area contributed by atoms with Crippen molar-refractivity contribution in [1.29, 1.82) is 0 Å². The van der Waals surface area contributed by atoms with Gasteiger partial charge in [0, 0.05) is 17.8 Å². The molecule has 3 heterocycles. The van der Waals surface area contributed by atoms with Crippen LogP contribution in [0, 0.1) is 0 Å². The Bertz CT molecular complexity index is 766. The van der Waals surface area contributed by atoms with Gasteiger partial charge in [-0.2, -0.15) is 10.2 Å². The maximum absolute atomic E-state index is 12.3. The minimum atomic E-state index is -2.53. The van der Waals surface area contributed by atoms with Crippen LogP contribution in [0.3, 0.4) is 0 Å². The molecule has 0 saturated carbocycles. The fraction of sp³-hybridized carbons (Fsp3) is 0.167. The molecule has 22 heavy (non-hydrogen) atoms. The lowest BCUT2D eigenvalue weighted by molar-refractivity contribution is 0.101. The molecule has 0 saturated heterocycles. The molecule has 2 N–H and O–H groups in total. The van der Waals surface area contributed by atoms with Crippen LogP contribution in [0.5, 0.6) is 0 Å². The summed E-state index contributed by atoms with van der Waals surface area (Å²) in [7, 11) is 0. The van der Waals surface area contributed by atoms with Crippen molar-refractivity contribution >= 4 is 22.9 Å². The van der Waals surface area contributed by atoms with Gasteiger partial charge in [0.1, 0.15) is 17.2 Å². The van der Waals surface area contributed by atoms with Crippen LogP contribution in [0.4, 0.5) is 14.5 Å². The molecule has 114 valence electrons. The third-order valence-electron chi connectivity index (χ3n) is 2.73. The van der Waals surface area contributed by atoms with Crippen molar-refractivity contribution in [3.05, 3.63) is 35.7 Å². The number of carbonyl (C=O) groups is 1. The molecule has 0 aliphatic heterocycles. The summed E-state index contributed by atoms with van der Waals surface area (Å²) in [6.07, 6.45) is 1.89. The van der Waals surface area contributed by atoms with Crippen LogP contribution in [0.2, 0.25) is 0 Å². The van der Waals surface area contributed by atoms with Crippen molar-refractivity contribution in [3.8, 4) is 10.7 Å². The predicted molar refractivity (Wildman–Crippen MR) is 75.9 cm³/mol. The molecule has 0 aliphatic rings. The molecule has 0 unspecified atom stereocenters. The Labute approximate surface area is 127 Å². The first-order valence-electron chi connectivity index (χ1n) is 6.19. The van der Waals surface area contributed by atoms with Gasteiger partial charge in [-0.3, -0.25) is 14.6 Å². The number of hydrogen-bond acceptors (Lipinski definition) is 5. The highest BCUT2D eigenvalue weighted by atomic mass is 32.1. The highest BCUT2D eigenvalue weighted by Crippen LogP contribution is 2.27. The van der Waals surface area contributed by atoms with E-state index >= 15 is 0 Å². The third-order valence-corrected chi connectivity index (χ3v) is 3.52. The number of nitrogens with one attached hydrogen (secondary N) is 2. The zero-order valence-electron chi connectivity index (χ0n) is 11.0. The molecule has 0 aromatic carbocycles. The van der Waals surface area contributed by atoms with Gasteiger partial charge in [-0.05, 0) is 6.07 Å². The molecule has 1 amide bonds. The summed E-state index contributed by atoms with van der Waals surface area (Å²) >= 11 is 1.39. The summed E-state index contributed by atoms with van der Waals surface area (Å²) in [5.41, 5.74) is 1.07. The van der Waals surface area contributed by atoms with Crippen molar-refractivity contribution in [3.63, 3.8) is 0 Å². The molecule has 3 aromatic rings. The number of halogens is 2. The Hall–Kier alpha value is -2.62. The van der Waals surface area contributed by atoms with Crippen molar-refractivity contribution in [2.75, 3.05) is 5.32 Å². The first-order chi connectivity index (χ1) is 10.6. The van der Waals surface area contributed by atoms with Gasteiger partial charge in [-0.1, -0.05) is 0 Å². The number of anilines is 1. The SMILES string of the molecule is O=C(Nc1cn[nH]c1-c1nccs1)c1ccn(CC(F)F)n1. The summed E-state index contributed by atoms with van der Waals surface area (Å²) in [5, 5.41) is 15.5. The van der Waals surface area contributed by atoms with Gasteiger partial charge in [0.05, 0.1) is 11.9 Å². The van der Waals surface area contributed by atoms with E-state index in [2.05, 4.69) is 25.6 Å². The second-order valence-corrected chi connectivity index (χ2v) is 5.16. The Kier molecular flexibility index (Phi) is 3.92. The van der Waals surface area contributed by atoms with Gasteiger partial charge >= 0.3 is 0 Å². The van der Waals surface area contributed by atoms with E-state index < -0.39 is 18.9 Å². The van der Waals surface area contributed by atoms with Gasteiger partial charge in [0.25, 0.3) is 12.3 Å². The highest BCUT2D eigenvalue weighted by Gasteiger charge is 2.16. The standard InChI is InChI=1S/C12H10F2N6OS/c13-9(14)6-20-3-1-7(19-20)11(21)17-8-5-16-18-10(8)12-15-2-4-22-12/h1-5,9H,6H2,(H,16,18)(H,17,21).